The number of carbonyl (C=O) groups is 1. The van der Waals surface area contributed by atoms with Gasteiger partial charge < -0.3 is 5.32 Å². The number of nitrogens with zero attached hydrogens (tertiary/aromatic N) is 4. The molecule has 3 aromatic rings. The van der Waals surface area contributed by atoms with Gasteiger partial charge in [0.2, 0.25) is 11.0 Å². The van der Waals surface area contributed by atoms with Crippen LogP contribution in [0.1, 0.15) is 44.5 Å². The molecule has 0 saturated carbocycles. The van der Waals surface area contributed by atoms with Crippen LogP contribution in [-0.2, 0) is 17.9 Å². The normalized spacial score (nSPS) is 11.4. The first-order chi connectivity index (χ1) is 12.5. The van der Waals surface area contributed by atoms with Crippen molar-refractivity contribution in [3.05, 3.63) is 39.8 Å². The molecule has 0 saturated heterocycles. The lowest BCUT2D eigenvalue weighted by Crippen LogP contribution is -2.26. The Labute approximate surface area is 155 Å². The van der Waals surface area contributed by atoms with Crippen molar-refractivity contribution in [2.75, 3.05) is 5.32 Å². The zero-order chi connectivity index (χ0) is 18.7. The number of imidazole rings is 1. The third-order valence-electron chi connectivity index (χ3n) is 4.12. The van der Waals surface area contributed by atoms with E-state index in [-0.39, 0.29) is 23.9 Å². The van der Waals surface area contributed by atoms with Gasteiger partial charge in [-0.15, -0.1) is 10.2 Å². The summed E-state index contributed by atoms with van der Waals surface area (Å²) in [6.45, 7) is 7.10. The summed E-state index contributed by atoms with van der Waals surface area (Å²) in [6, 6.07) is 7.69. The van der Waals surface area contributed by atoms with Crippen LogP contribution in [0.25, 0.3) is 11.0 Å². The predicted molar refractivity (Wildman–Crippen MR) is 104 cm³/mol. The largest absolute Gasteiger partial charge is 0.329 e. The van der Waals surface area contributed by atoms with E-state index in [0.29, 0.717) is 18.2 Å². The van der Waals surface area contributed by atoms with Gasteiger partial charge in [-0.05, 0) is 18.6 Å². The molecule has 2 aromatic heterocycles. The molecule has 1 N–H and O–H groups in total. The molecule has 0 spiro atoms. The van der Waals surface area contributed by atoms with Gasteiger partial charge in [-0.25, -0.2) is 4.79 Å². The molecular weight excluding hydrogens is 350 g/mol. The molecule has 0 unspecified atom stereocenters. The topological polar surface area (TPSA) is 81.8 Å². The molecule has 0 aliphatic carbocycles. The van der Waals surface area contributed by atoms with Crippen molar-refractivity contribution in [1.29, 1.82) is 0 Å². The third-order valence-corrected chi connectivity index (χ3v) is 5.25. The second kappa shape index (κ2) is 7.82. The predicted octanol–water partition coefficient (Wildman–Crippen LogP) is 3.22. The molecule has 8 heteroatoms. The molecule has 0 radical (unpaired) electrons. The summed E-state index contributed by atoms with van der Waals surface area (Å²) in [7, 11) is 0. The molecule has 0 atom stereocenters. The minimum atomic E-state index is -0.171. The maximum atomic E-state index is 12.7. The Kier molecular flexibility index (Phi) is 5.51. The molecule has 1 aromatic carbocycles. The van der Waals surface area contributed by atoms with Crippen LogP contribution < -0.4 is 11.0 Å². The third kappa shape index (κ3) is 3.70. The van der Waals surface area contributed by atoms with Crippen LogP contribution in [0, 0.1) is 0 Å². The molecule has 3 rings (SSSR count). The number of nitrogens with one attached hydrogen (secondary N) is 1. The minimum absolute atomic E-state index is 0.0705. The van der Waals surface area contributed by atoms with E-state index in [4.69, 9.17) is 0 Å². The van der Waals surface area contributed by atoms with Crippen molar-refractivity contribution >= 4 is 33.4 Å². The average Bonchev–Trinajstić information content (AvgIpc) is 3.18. The van der Waals surface area contributed by atoms with Crippen LogP contribution in [0.15, 0.2) is 29.1 Å². The lowest BCUT2D eigenvalue weighted by Gasteiger charge is -2.03. The van der Waals surface area contributed by atoms with Gasteiger partial charge in [-0.2, -0.15) is 0 Å². The average molecular weight is 373 g/mol. The number of carbonyl (C=O) groups excluding carboxylic acids is 1. The Morgan fingerprint density at radius 2 is 1.81 bits per heavy atom. The van der Waals surface area contributed by atoms with Crippen LogP contribution in [0.3, 0.4) is 0 Å². The molecule has 0 aliphatic rings. The summed E-state index contributed by atoms with van der Waals surface area (Å²) in [5.41, 5.74) is 1.70. The fourth-order valence-electron chi connectivity index (χ4n) is 2.84. The first-order valence-corrected chi connectivity index (χ1v) is 9.64. The van der Waals surface area contributed by atoms with Crippen LogP contribution in [0.5, 0.6) is 0 Å². The maximum Gasteiger partial charge on any atom is 0.329 e. The van der Waals surface area contributed by atoms with Gasteiger partial charge in [-0.1, -0.05) is 44.2 Å². The van der Waals surface area contributed by atoms with E-state index in [1.54, 1.807) is 9.13 Å². The summed E-state index contributed by atoms with van der Waals surface area (Å²) < 4.78 is 3.44. The SMILES string of the molecule is CCCn1c(=O)n(CCC(=O)Nc2nnc(C(C)C)s2)c2ccccc21. The van der Waals surface area contributed by atoms with Gasteiger partial charge in [0.15, 0.2) is 0 Å². The van der Waals surface area contributed by atoms with E-state index in [0.717, 1.165) is 22.5 Å². The van der Waals surface area contributed by atoms with Crippen LogP contribution in [0.4, 0.5) is 5.13 Å². The highest BCUT2D eigenvalue weighted by Gasteiger charge is 2.14. The van der Waals surface area contributed by atoms with E-state index < -0.39 is 0 Å². The number of fused-ring (bicyclic) bond motifs is 1. The first kappa shape index (κ1) is 18.3. The Balaban J connectivity index is 1.74. The number of aryl methyl sites for hydroxylation is 2. The molecule has 1 amide bonds. The standard InChI is InChI=1S/C18H23N5O2S/c1-4-10-22-13-7-5-6-8-14(13)23(18(22)25)11-9-15(24)19-17-21-20-16(26-17)12(2)3/h5-8,12H,4,9-11H2,1-3H3,(H,19,21,24). The molecule has 7 nitrogen and oxygen atoms in total. The monoisotopic (exact) mass is 373 g/mol. The number of amides is 1. The molecule has 0 aliphatic heterocycles. The second-order valence-electron chi connectivity index (χ2n) is 6.47. The van der Waals surface area contributed by atoms with Crippen molar-refractivity contribution in [2.45, 2.75) is 52.6 Å². The highest BCUT2D eigenvalue weighted by atomic mass is 32.1. The van der Waals surface area contributed by atoms with Gasteiger partial charge in [-0.3, -0.25) is 13.9 Å². The van der Waals surface area contributed by atoms with Crippen LogP contribution in [-0.4, -0.2) is 25.2 Å². The van der Waals surface area contributed by atoms with Gasteiger partial charge in [0.25, 0.3) is 0 Å². The molecule has 0 fully saturated rings. The van der Waals surface area contributed by atoms with Gasteiger partial charge >= 0.3 is 5.69 Å². The first-order valence-electron chi connectivity index (χ1n) is 8.82. The zero-order valence-electron chi connectivity index (χ0n) is 15.2. The number of rotatable bonds is 7. The van der Waals surface area contributed by atoms with E-state index in [1.165, 1.54) is 11.3 Å². The van der Waals surface area contributed by atoms with E-state index in [9.17, 15) is 9.59 Å². The zero-order valence-corrected chi connectivity index (χ0v) is 16.0. The summed E-state index contributed by atoms with van der Waals surface area (Å²) in [5.74, 6) is 0.108. The smallest absolute Gasteiger partial charge is 0.300 e. The summed E-state index contributed by atoms with van der Waals surface area (Å²) >= 11 is 1.38. The number of benzene rings is 1. The fourth-order valence-corrected chi connectivity index (χ4v) is 3.60. The molecule has 138 valence electrons. The van der Waals surface area contributed by atoms with Crippen LogP contribution >= 0.6 is 11.3 Å². The van der Waals surface area contributed by atoms with E-state index in [2.05, 4.69) is 15.5 Å². The Hall–Kier alpha value is -2.48. The van der Waals surface area contributed by atoms with Crippen molar-refractivity contribution in [3.8, 4) is 0 Å². The highest BCUT2D eigenvalue weighted by Crippen LogP contribution is 2.22. The molecule has 26 heavy (non-hydrogen) atoms. The lowest BCUT2D eigenvalue weighted by molar-refractivity contribution is -0.116. The number of anilines is 1. The molecule has 2 heterocycles. The summed E-state index contributed by atoms with van der Waals surface area (Å²) in [4.78, 5) is 25.0. The molecular formula is C18H23N5O2S. The van der Waals surface area contributed by atoms with Crippen molar-refractivity contribution in [3.63, 3.8) is 0 Å². The maximum absolute atomic E-state index is 12.7. The van der Waals surface area contributed by atoms with Gasteiger partial charge in [0.05, 0.1) is 11.0 Å². The number of hydrogen-bond acceptors (Lipinski definition) is 5. The lowest BCUT2D eigenvalue weighted by atomic mass is 10.2. The van der Waals surface area contributed by atoms with E-state index in [1.807, 2.05) is 45.0 Å². The summed E-state index contributed by atoms with van der Waals surface area (Å²) in [5, 5.41) is 12.2. The Morgan fingerprint density at radius 1 is 1.15 bits per heavy atom. The van der Waals surface area contributed by atoms with Crippen molar-refractivity contribution in [1.82, 2.24) is 19.3 Å². The number of aromatic nitrogens is 4. The van der Waals surface area contributed by atoms with Crippen molar-refractivity contribution < 1.29 is 4.79 Å². The Bertz CT molecular complexity index is 970. The number of hydrogen-bond donors (Lipinski definition) is 1. The molecule has 0 bridgehead atoms. The quantitative estimate of drug-likeness (QED) is 0.689. The van der Waals surface area contributed by atoms with Crippen molar-refractivity contribution in [2.24, 2.45) is 0 Å². The summed E-state index contributed by atoms with van der Waals surface area (Å²) in [6.07, 6.45) is 1.08. The fraction of sp³-hybridized carbons (Fsp3) is 0.444. The Morgan fingerprint density at radius 3 is 2.38 bits per heavy atom. The minimum Gasteiger partial charge on any atom is -0.300 e. The second-order valence-corrected chi connectivity index (χ2v) is 7.48. The van der Waals surface area contributed by atoms with Gasteiger partial charge in [0, 0.05) is 25.4 Å². The number of para-hydroxylation sites is 2. The van der Waals surface area contributed by atoms with Crippen LogP contribution in [0.2, 0.25) is 0 Å². The van der Waals surface area contributed by atoms with E-state index >= 15 is 0 Å². The van der Waals surface area contributed by atoms with Gasteiger partial charge in [0.1, 0.15) is 5.01 Å². The highest BCUT2D eigenvalue weighted by molar-refractivity contribution is 7.15.